The van der Waals surface area contributed by atoms with Crippen molar-refractivity contribution in [1.82, 2.24) is 9.66 Å². The summed E-state index contributed by atoms with van der Waals surface area (Å²) in [5.41, 5.74) is -0.619. The zero-order valence-corrected chi connectivity index (χ0v) is 23.8. The minimum Gasteiger partial charge on any atom is -0.490 e. The van der Waals surface area contributed by atoms with Crippen molar-refractivity contribution in [3.05, 3.63) is 86.6 Å². The molecule has 214 valence electrons. The number of aromatic nitrogens is 2. The molecule has 1 heterocycles. The van der Waals surface area contributed by atoms with E-state index in [1.54, 1.807) is 57.2 Å². The summed E-state index contributed by atoms with van der Waals surface area (Å²) in [4.78, 5) is 30.0. The molecule has 0 aliphatic carbocycles. The predicted molar refractivity (Wildman–Crippen MR) is 151 cm³/mol. The fourth-order valence-corrected chi connectivity index (χ4v) is 4.31. The summed E-state index contributed by atoms with van der Waals surface area (Å²) in [5.74, 6) is -0.0385. The number of esters is 1. The number of carbonyl (C=O) groups excluding carboxylic acids is 1. The quantitative estimate of drug-likeness (QED) is 0.156. The lowest BCUT2D eigenvalue weighted by atomic mass is 10.1. The largest absolute Gasteiger partial charge is 0.490 e. The highest BCUT2D eigenvalue weighted by Crippen LogP contribution is 2.35. The van der Waals surface area contributed by atoms with Crippen molar-refractivity contribution < 1.29 is 32.2 Å². The molecule has 0 bridgehead atoms. The maximum absolute atomic E-state index is 13.5. The van der Waals surface area contributed by atoms with Gasteiger partial charge in [0.05, 0.1) is 35.9 Å². The zero-order chi connectivity index (χ0) is 29.7. The van der Waals surface area contributed by atoms with Gasteiger partial charge in [0.15, 0.2) is 23.4 Å². The fraction of sp³-hybridized carbons (Fsp3) is 0.241. The number of alkyl halides is 3. The number of hydrogen-bond acceptors (Lipinski definition) is 7. The summed E-state index contributed by atoms with van der Waals surface area (Å²) in [6.07, 6.45) is -4.14. The molecule has 41 heavy (non-hydrogen) atoms. The van der Waals surface area contributed by atoms with Gasteiger partial charge in [0, 0.05) is 15.6 Å². The molecule has 12 heteroatoms. The molecule has 0 spiro atoms. The standard InChI is InChI=1S/C29H25BrF3N3O5/c1-4-39-24-14-19(22(30)15-25(24)41-17(3)28(38)40-5-2)16-34-36-26(18-9-8-10-20(13-18)29(31,32)33)35-23-12-7-6-11-21(23)27(36)37/h6-17H,4-5H2,1-3H3/t17-/m1/s1. The summed E-state index contributed by atoms with van der Waals surface area (Å²) in [7, 11) is 0. The molecule has 0 aliphatic rings. The third kappa shape index (κ3) is 6.76. The molecule has 4 rings (SSSR count). The van der Waals surface area contributed by atoms with E-state index in [-0.39, 0.29) is 35.7 Å². The van der Waals surface area contributed by atoms with Crippen LogP contribution in [0.4, 0.5) is 13.2 Å². The minimum atomic E-state index is -4.59. The Labute approximate surface area is 241 Å². The van der Waals surface area contributed by atoms with E-state index >= 15 is 0 Å². The highest BCUT2D eigenvalue weighted by Gasteiger charge is 2.31. The molecule has 8 nitrogen and oxygen atoms in total. The van der Waals surface area contributed by atoms with Crippen LogP contribution >= 0.6 is 15.9 Å². The molecule has 0 saturated heterocycles. The van der Waals surface area contributed by atoms with E-state index in [4.69, 9.17) is 14.2 Å². The number of ether oxygens (including phenoxy) is 3. The first-order chi connectivity index (χ1) is 19.5. The van der Waals surface area contributed by atoms with Crippen LogP contribution in [-0.4, -0.2) is 41.2 Å². The Kier molecular flexibility index (Phi) is 9.11. The Morgan fingerprint density at radius 3 is 2.54 bits per heavy atom. The van der Waals surface area contributed by atoms with E-state index in [0.29, 0.717) is 21.3 Å². The SMILES string of the molecule is CCOC(=O)[C@@H](C)Oc1cc(Br)c(C=Nn2c(-c3cccc(C(F)(F)F)c3)nc3ccccc3c2=O)cc1OCC. The number of fused-ring (bicyclic) bond motifs is 1. The molecule has 0 radical (unpaired) electrons. The second-order valence-corrected chi connectivity index (χ2v) is 9.51. The van der Waals surface area contributed by atoms with Crippen LogP contribution in [0.1, 0.15) is 31.9 Å². The monoisotopic (exact) mass is 631 g/mol. The molecule has 1 aromatic heterocycles. The third-order valence-electron chi connectivity index (χ3n) is 5.80. The minimum absolute atomic E-state index is 0.0607. The number of halogens is 4. The average molecular weight is 632 g/mol. The Hall–Kier alpha value is -4.19. The molecule has 0 fully saturated rings. The molecule has 1 atom stereocenters. The van der Waals surface area contributed by atoms with Crippen LogP contribution in [0.5, 0.6) is 11.5 Å². The number of hydrogen-bond donors (Lipinski definition) is 0. The molecular formula is C29H25BrF3N3O5. The number of rotatable bonds is 9. The second kappa shape index (κ2) is 12.5. The molecule has 0 amide bonds. The van der Waals surface area contributed by atoms with Gasteiger partial charge in [0.1, 0.15) is 0 Å². The Bertz CT molecular complexity index is 1670. The highest BCUT2D eigenvalue weighted by atomic mass is 79.9. The first-order valence-electron chi connectivity index (χ1n) is 12.6. The normalized spacial score (nSPS) is 12.5. The molecule has 3 aromatic carbocycles. The lowest BCUT2D eigenvalue weighted by Gasteiger charge is -2.17. The summed E-state index contributed by atoms with van der Waals surface area (Å²) in [6.45, 7) is 5.50. The number of para-hydroxylation sites is 1. The smallest absolute Gasteiger partial charge is 0.416 e. The maximum atomic E-state index is 13.5. The van der Waals surface area contributed by atoms with Gasteiger partial charge < -0.3 is 14.2 Å². The van der Waals surface area contributed by atoms with E-state index in [1.165, 1.54) is 18.3 Å². The summed E-state index contributed by atoms with van der Waals surface area (Å²) in [6, 6.07) is 14.2. The highest BCUT2D eigenvalue weighted by molar-refractivity contribution is 9.10. The van der Waals surface area contributed by atoms with Crippen molar-refractivity contribution in [3.8, 4) is 22.9 Å². The van der Waals surface area contributed by atoms with Gasteiger partial charge >= 0.3 is 12.1 Å². The van der Waals surface area contributed by atoms with E-state index in [2.05, 4.69) is 26.0 Å². The van der Waals surface area contributed by atoms with Gasteiger partial charge in [-0.3, -0.25) is 4.79 Å². The van der Waals surface area contributed by atoms with Crippen molar-refractivity contribution in [1.29, 1.82) is 0 Å². The topological polar surface area (TPSA) is 92.0 Å². The summed E-state index contributed by atoms with van der Waals surface area (Å²) >= 11 is 3.45. The van der Waals surface area contributed by atoms with Crippen LogP contribution in [0.2, 0.25) is 0 Å². The van der Waals surface area contributed by atoms with Crippen molar-refractivity contribution >= 4 is 39.0 Å². The Balaban J connectivity index is 1.82. The van der Waals surface area contributed by atoms with Gasteiger partial charge in [-0.05, 0) is 73.1 Å². The van der Waals surface area contributed by atoms with Crippen LogP contribution in [0.25, 0.3) is 22.3 Å². The Morgan fingerprint density at radius 1 is 1.07 bits per heavy atom. The number of benzene rings is 3. The summed E-state index contributed by atoms with van der Waals surface area (Å²) < 4.78 is 58.3. The summed E-state index contributed by atoms with van der Waals surface area (Å²) in [5, 5.41) is 4.58. The van der Waals surface area contributed by atoms with Crippen LogP contribution < -0.4 is 15.0 Å². The molecule has 0 saturated carbocycles. The molecule has 0 unspecified atom stereocenters. The molecule has 4 aromatic rings. The van der Waals surface area contributed by atoms with Gasteiger partial charge in [-0.15, -0.1) is 0 Å². The van der Waals surface area contributed by atoms with E-state index in [9.17, 15) is 22.8 Å². The fourth-order valence-electron chi connectivity index (χ4n) is 3.88. The number of nitrogens with zero attached hydrogens (tertiary/aromatic N) is 3. The van der Waals surface area contributed by atoms with Crippen molar-refractivity contribution in [2.45, 2.75) is 33.1 Å². The third-order valence-corrected chi connectivity index (χ3v) is 6.49. The average Bonchev–Trinajstić information content (AvgIpc) is 2.94. The zero-order valence-electron chi connectivity index (χ0n) is 22.2. The van der Waals surface area contributed by atoms with Crippen molar-refractivity contribution in [2.24, 2.45) is 5.10 Å². The van der Waals surface area contributed by atoms with Gasteiger partial charge in [-0.1, -0.05) is 24.3 Å². The van der Waals surface area contributed by atoms with Gasteiger partial charge in [-0.25, -0.2) is 9.78 Å². The lowest BCUT2D eigenvalue weighted by molar-refractivity contribution is -0.150. The van der Waals surface area contributed by atoms with Gasteiger partial charge in [0.2, 0.25) is 0 Å². The van der Waals surface area contributed by atoms with Gasteiger partial charge in [-0.2, -0.15) is 22.9 Å². The Morgan fingerprint density at radius 2 is 1.83 bits per heavy atom. The van der Waals surface area contributed by atoms with Crippen LogP contribution in [0.15, 0.2) is 75.0 Å². The maximum Gasteiger partial charge on any atom is 0.416 e. The lowest BCUT2D eigenvalue weighted by Crippen LogP contribution is -2.26. The van der Waals surface area contributed by atoms with Gasteiger partial charge in [0.25, 0.3) is 5.56 Å². The first-order valence-corrected chi connectivity index (χ1v) is 13.4. The van der Waals surface area contributed by atoms with E-state index in [0.717, 1.165) is 16.8 Å². The number of carbonyl (C=O) groups is 1. The molecular weight excluding hydrogens is 607 g/mol. The van der Waals surface area contributed by atoms with Crippen LogP contribution in [0, 0.1) is 0 Å². The van der Waals surface area contributed by atoms with Crippen LogP contribution in [-0.2, 0) is 15.7 Å². The van der Waals surface area contributed by atoms with Crippen molar-refractivity contribution in [2.75, 3.05) is 13.2 Å². The first kappa shape index (κ1) is 29.8. The predicted octanol–water partition coefficient (Wildman–Crippen LogP) is 6.46. The molecule has 0 N–H and O–H groups in total. The van der Waals surface area contributed by atoms with Crippen LogP contribution in [0.3, 0.4) is 0 Å². The van der Waals surface area contributed by atoms with Crippen molar-refractivity contribution in [3.63, 3.8) is 0 Å². The van der Waals surface area contributed by atoms with E-state index < -0.39 is 29.4 Å². The molecule has 0 aliphatic heterocycles. The van der Waals surface area contributed by atoms with E-state index in [1.807, 2.05) is 0 Å². The second-order valence-electron chi connectivity index (χ2n) is 8.66.